The number of nitrogens with two attached hydrogens (primary N) is 1. The van der Waals surface area contributed by atoms with E-state index >= 15 is 0 Å². The van der Waals surface area contributed by atoms with Crippen molar-refractivity contribution >= 4 is 88.3 Å². The van der Waals surface area contributed by atoms with E-state index in [0.717, 1.165) is 25.1 Å². The number of hydrogen-bond acceptors (Lipinski definition) is 17. The summed E-state index contributed by atoms with van der Waals surface area (Å²) in [5.74, 6) is -15.1. The van der Waals surface area contributed by atoms with E-state index in [1.807, 2.05) is 12.1 Å². The van der Waals surface area contributed by atoms with Gasteiger partial charge in [0.05, 0.1) is 31.2 Å². The minimum absolute atomic E-state index is 0.0184. The summed E-state index contributed by atoms with van der Waals surface area (Å²) in [6.07, 6.45) is 0.119. The minimum Gasteiger partial charge on any atom is -0.481 e. The van der Waals surface area contributed by atoms with Crippen molar-refractivity contribution in [2.75, 3.05) is 51.4 Å². The fraction of sp³-hybridized carbons (Fsp3) is 0.661. The topological polar surface area (TPSA) is 457 Å². The zero-order chi connectivity index (χ0) is 64.7. The van der Waals surface area contributed by atoms with E-state index in [1.54, 1.807) is 12.1 Å². The van der Waals surface area contributed by atoms with Crippen LogP contribution in [0, 0.1) is 23.7 Å². The number of Topliss-reactive ketones (excluding diaryl/α,β-unsaturated/α-hetero) is 3. The van der Waals surface area contributed by atoms with Crippen LogP contribution in [0.25, 0.3) is 0 Å². The smallest absolute Gasteiger partial charge is 0.306 e. The lowest BCUT2D eigenvalue weighted by Crippen LogP contribution is -2.46. The fourth-order valence-corrected chi connectivity index (χ4v) is 9.55. The number of carboxylic acids is 5. The Kier molecular flexibility index (Phi) is 37.1. The average Bonchev–Trinajstić information content (AvgIpc) is 3.52. The monoisotopic (exact) mass is 1230 g/mol. The Morgan fingerprint density at radius 1 is 0.529 bits per heavy atom. The number of hydrogen-bond donors (Lipinski definition) is 12. The first-order chi connectivity index (χ1) is 41.4. The molecule has 87 heavy (non-hydrogen) atoms. The number of carbonyl (C=O) groups is 14. The van der Waals surface area contributed by atoms with Gasteiger partial charge in [-0.1, -0.05) is 13.3 Å². The summed E-state index contributed by atoms with van der Waals surface area (Å²) in [4.78, 5) is 174. The van der Waals surface area contributed by atoms with E-state index in [1.165, 1.54) is 0 Å². The van der Waals surface area contributed by atoms with Crippen LogP contribution in [0.4, 0.5) is 5.69 Å². The van der Waals surface area contributed by atoms with Gasteiger partial charge in [0, 0.05) is 107 Å². The highest BCUT2D eigenvalue weighted by atomic mass is 16.5. The van der Waals surface area contributed by atoms with E-state index in [4.69, 9.17) is 20.3 Å². The van der Waals surface area contributed by atoms with Crippen molar-refractivity contribution in [2.45, 2.75) is 179 Å². The van der Waals surface area contributed by atoms with E-state index in [2.05, 4.69) is 38.8 Å². The molecule has 5 atom stereocenters. The van der Waals surface area contributed by atoms with Crippen LogP contribution in [-0.4, -0.2) is 172 Å². The number of rotatable bonds is 50. The predicted octanol–water partition coefficient (Wildman–Crippen LogP) is 2.91. The number of amides is 6. The summed E-state index contributed by atoms with van der Waals surface area (Å²) in [7, 11) is 0. The number of ketones is 3. The van der Waals surface area contributed by atoms with Crippen LogP contribution in [-0.2, 0) is 71.8 Å². The van der Waals surface area contributed by atoms with Crippen molar-refractivity contribution in [1.82, 2.24) is 26.6 Å². The summed E-state index contributed by atoms with van der Waals surface area (Å²) in [6, 6.07) is 3.17. The van der Waals surface area contributed by atoms with Gasteiger partial charge in [0.2, 0.25) is 29.5 Å². The van der Waals surface area contributed by atoms with Gasteiger partial charge in [-0.25, -0.2) is 0 Å². The van der Waals surface area contributed by atoms with E-state index in [9.17, 15) is 87.5 Å². The Labute approximate surface area is 505 Å². The summed E-state index contributed by atoms with van der Waals surface area (Å²) in [5, 5.41) is 63.2. The van der Waals surface area contributed by atoms with Crippen LogP contribution in [0.15, 0.2) is 24.3 Å². The molecule has 1 aromatic rings. The van der Waals surface area contributed by atoms with Crippen LogP contribution in [0.1, 0.15) is 171 Å². The molecule has 28 nitrogen and oxygen atoms in total. The first kappa shape index (κ1) is 75.2. The summed E-state index contributed by atoms with van der Waals surface area (Å²) < 4.78 is 10.8. The van der Waals surface area contributed by atoms with Gasteiger partial charge in [0.25, 0.3) is 5.91 Å². The molecule has 6 amide bonds. The number of carbonyl (C=O) groups excluding carboxylic acids is 9. The Morgan fingerprint density at radius 3 is 1.74 bits per heavy atom. The Bertz CT molecular complexity index is 2450. The second kappa shape index (κ2) is 42.9. The molecule has 486 valence electrons. The van der Waals surface area contributed by atoms with Crippen LogP contribution in [0.5, 0.6) is 0 Å². The summed E-state index contributed by atoms with van der Waals surface area (Å²) in [6.45, 7) is 3.06. The van der Waals surface area contributed by atoms with Crippen molar-refractivity contribution in [2.24, 2.45) is 29.4 Å². The van der Waals surface area contributed by atoms with E-state index < -0.39 is 159 Å². The molecular formula is C59H89N7O21. The number of primary amides is 1. The van der Waals surface area contributed by atoms with Gasteiger partial charge in [-0.15, -0.1) is 0 Å². The minimum atomic E-state index is -1.55. The molecule has 0 radical (unpaired) electrons. The van der Waals surface area contributed by atoms with Gasteiger partial charge < -0.3 is 72.6 Å². The zero-order valence-electron chi connectivity index (χ0n) is 49.6. The van der Waals surface area contributed by atoms with Crippen LogP contribution in [0.3, 0.4) is 0 Å². The SMILES string of the molecule is CCCCNc1ccc(C(=O)NCCCC[C@H](NC(=O)COCCOCCCC(=O)[C@H](CCC(=O)O)NC(=O)[C@H](CCC(=O)O)CC(=O)[C@H](CCC(=O)O)NC(=O)CC[C@H](CC(=O)C2CCC(CNC(=O)CCCC(=O)O)CC2)C(=O)O)C(N)=O)cc1. The molecule has 0 spiro atoms. The Balaban J connectivity index is 1.88. The standard InChI is InChI=1S/C59H89N7O21/c1-2-3-28-61-42-20-16-39(17-21-42)57(82)62-29-5-4-8-45(56(60)81)65-51(72)36-87-32-31-86-30-7-9-46(67)43(22-26-54(77)78)66-58(83)40(19-25-53(75)76)33-48(69)44(23-27-55(79)80)64-50(71)24-18-41(59(84)85)34-47(68)38-14-12-37(13-15-38)35-63-49(70)10-6-11-52(73)74/h16-17,20-21,37-38,40-41,43-45,61H,2-15,18-19,22-36H2,1H3,(H2,60,81)(H,62,82)(H,63,70)(H,64,71)(H,65,72)(H,66,83)(H,73,74)(H,75,76)(H,77,78)(H,79,80)(H,84,85)/t37?,38?,40-,41-,43+,44+,45+/m1/s1. The number of benzene rings is 1. The van der Waals surface area contributed by atoms with Gasteiger partial charge >= 0.3 is 29.8 Å². The second-order valence-corrected chi connectivity index (χ2v) is 21.7. The van der Waals surface area contributed by atoms with Crippen LogP contribution >= 0.6 is 0 Å². The second-order valence-electron chi connectivity index (χ2n) is 21.7. The summed E-state index contributed by atoms with van der Waals surface area (Å²) in [5.41, 5.74) is 6.91. The molecule has 1 aliphatic carbocycles. The molecule has 1 aliphatic rings. The highest BCUT2D eigenvalue weighted by Crippen LogP contribution is 2.31. The number of nitrogens with one attached hydrogen (secondary N) is 6. The molecule has 0 heterocycles. The number of aliphatic carboxylic acids is 5. The molecule has 1 aromatic carbocycles. The molecule has 13 N–H and O–H groups in total. The third kappa shape index (κ3) is 34.2. The fourth-order valence-electron chi connectivity index (χ4n) is 9.55. The molecule has 28 heteroatoms. The van der Waals surface area contributed by atoms with Crippen molar-refractivity contribution in [3.8, 4) is 0 Å². The molecule has 1 fully saturated rings. The first-order valence-electron chi connectivity index (χ1n) is 29.8. The molecule has 0 bridgehead atoms. The molecule has 1 saturated carbocycles. The van der Waals surface area contributed by atoms with Crippen LogP contribution in [0.2, 0.25) is 0 Å². The maximum absolute atomic E-state index is 13.8. The normalized spacial score (nSPS) is 15.4. The van der Waals surface area contributed by atoms with Crippen molar-refractivity contribution in [3.63, 3.8) is 0 Å². The molecule has 0 aliphatic heterocycles. The maximum atomic E-state index is 13.8. The molecule has 2 rings (SSSR count). The van der Waals surface area contributed by atoms with Gasteiger partial charge in [0.15, 0.2) is 11.6 Å². The molecular weight excluding hydrogens is 1140 g/mol. The predicted molar refractivity (Wildman–Crippen MR) is 311 cm³/mol. The zero-order valence-corrected chi connectivity index (χ0v) is 49.6. The third-order valence-corrected chi connectivity index (χ3v) is 14.7. The van der Waals surface area contributed by atoms with Crippen LogP contribution < -0.4 is 37.6 Å². The van der Waals surface area contributed by atoms with Crippen molar-refractivity contribution < 1.29 is 102 Å². The maximum Gasteiger partial charge on any atom is 0.306 e. The van der Waals surface area contributed by atoms with Gasteiger partial charge in [0.1, 0.15) is 18.4 Å². The molecule has 0 unspecified atom stereocenters. The average molecular weight is 1230 g/mol. The first-order valence-corrected chi connectivity index (χ1v) is 29.8. The van der Waals surface area contributed by atoms with Crippen molar-refractivity contribution in [1.29, 1.82) is 0 Å². The number of unbranched alkanes of at least 4 members (excludes halogenated alkanes) is 2. The molecule has 0 saturated heterocycles. The lowest BCUT2D eigenvalue weighted by Gasteiger charge is -2.28. The largest absolute Gasteiger partial charge is 0.481 e. The summed E-state index contributed by atoms with van der Waals surface area (Å²) >= 11 is 0. The Morgan fingerprint density at radius 2 is 1.13 bits per heavy atom. The number of carboxylic acid groups (broad SMARTS) is 5. The number of anilines is 1. The number of ether oxygens (including phenoxy) is 2. The van der Waals surface area contributed by atoms with E-state index in [0.29, 0.717) is 57.2 Å². The van der Waals surface area contributed by atoms with Crippen molar-refractivity contribution in [3.05, 3.63) is 29.8 Å². The highest BCUT2D eigenvalue weighted by molar-refractivity contribution is 5.96. The lowest BCUT2D eigenvalue weighted by atomic mass is 9.78. The third-order valence-electron chi connectivity index (χ3n) is 14.7. The Hall–Kier alpha value is -7.88. The lowest BCUT2D eigenvalue weighted by molar-refractivity contribution is -0.145. The van der Waals surface area contributed by atoms with Gasteiger partial charge in [-0.3, -0.25) is 67.1 Å². The van der Waals surface area contributed by atoms with Gasteiger partial charge in [-0.2, -0.15) is 0 Å². The van der Waals surface area contributed by atoms with Gasteiger partial charge in [-0.05, 0) is 120 Å². The molecule has 0 aromatic heterocycles. The highest BCUT2D eigenvalue weighted by Gasteiger charge is 2.33. The quantitative estimate of drug-likeness (QED) is 0.0417. The van der Waals surface area contributed by atoms with E-state index in [-0.39, 0.29) is 94.7 Å².